The van der Waals surface area contributed by atoms with Gasteiger partial charge in [0.1, 0.15) is 5.82 Å². The third kappa shape index (κ3) is 4.25. The number of thioether (sulfide) groups is 1. The first-order chi connectivity index (χ1) is 9.74. The van der Waals surface area contributed by atoms with Crippen LogP contribution in [0.3, 0.4) is 0 Å². The van der Waals surface area contributed by atoms with Crippen LogP contribution in [0.25, 0.3) is 0 Å². The Balaban J connectivity index is 2.06. The Morgan fingerprint density at radius 1 is 1.40 bits per heavy atom. The van der Waals surface area contributed by atoms with Crippen molar-refractivity contribution in [3.05, 3.63) is 10.7 Å². The van der Waals surface area contributed by atoms with Gasteiger partial charge in [0.05, 0.1) is 4.47 Å². The third-order valence-electron chi connectivity index (χ3n) is 3.60. The van der Waals surface area contributed by atoms with Gasteiger partial charge in [-0.1, -0.05) is 19.8 Å². The monoisotopic (exact) mass is 358 g/mol. The third-order valence-corrected chi connectivity index (χ3v) is 5.35. The number of aromatic nitrogens is 2. The largest absolute Gasteiger partial charge is 0.365 e. The second-order valence-corrected chi connectivity index (χ2v) is 7.06. The lowest BCUT2D eigenvalue weighted by Crippen LogP contribution is -2.34. The summed E-state index contributed by atoms with van der Waals surface area (Å²) in [6, 6.07) is 0.504. The number of nitrogens with one attached hydrogen (secondary N) is 2. The van der Waals surface area contributed by atoms with Gasteiger partial charge in [-0.2, -0.15) is 16.7 Å². The molecule has 0 aromatic carbocycles. The van der Waals surface area contributed by atoms with Crippen LogP contribution in [0.5, 0.6) is 0 Å². The lowest BCUT2D eigenvalue weighted by molar-refractivity contribution is 0.474. The van der Waals surface area contributed by atoms with E-state index in [9.17, 15) is 0 Å². The van der Waals surface area contributed by atoms with Crippen LogP contribution in [0, 0.1) is 0 Å². The number of anilines is 2. The van der Waals surface area contributed by atoms with Crippen molar-refractivity contribution in [1.82, 2.24) is 9.97 Å². The standard InChI is InChI=1S/C14H23BrN4S/c1-3-8-16-14-17-9-10(15)13(19-14)18-11-6-4-5-7-12(11)20-2/h9,11-12H,3-8H2,1-2H3,(H2,16,17,18,19). The summed E-state index contributed by atoms with van der Waals surface area (Å²) in [5, 5.41) is 7.52. The Morgan fingerprint density at radius 2 is 2.20 bits per heavy atom. The molecule has 4 nitrogen and oxygen atoms in total. The molecule has 20 heavy (non-hydrogen) atoms. The quantitative estimate of drug-likeness (QED) is 0.799. The maximum atomic E-state index is 4.58. The molecule has 1 aliphatic carbocycles. The fourth-order valence-electron chi connectivity index (χ4n) is 2.51. The van der Waals surface area contributed by atoms with E-state index in [0.717, 1.165) is 23.3 Å². The molecule has 112 valence electrons. The zero-order valence-corrected chi connectivity index (χ0v) is 14.6. The molecule has 0 amide bonds. The maximum absolute atomic E-state index is 4.58. The molecule has 1 saturated carbocycles. The van der Waals surface area contributed by atoms with Gasteiger partial charge in [-0.3, -0.25) is 0 Å². The van der Waals surface area contributed by atoms with Crippen molar-refractivity contribution in [3.8, 4) is 0 Å². The Labute approximate surface area is 134 Å². The minimum Gasteiger partial charge on any atom is -0.365 e. The van der Waals surface area contributed by atoms with E-state index < -0.39 is 0 Å². The number of hydrogen-bond acceptors (Lipinski definition) is 5. The summed E-state index contributed by atoms with van der Waals surface area (Å²) >= 11 is 5.51. The normalized spacial score (nSPS) is 22.6. The molecular formula is C14H23BrN4S. The van der Waals surface area contributed by atoms with Crippen molar-refractivity contribution >= 4 is 39.5 Å². The highest BCUT2D eigenvalue weighted by Gasteiger charge is 2.25. The van der Waals surface area contributed by atoms with Gasteiger partial charge in [-0.15, -0.1) is 0 Å². The van der Waals surface area contributed by atoms with Crippen molar-refractivity contribution in [1.29, 1.82) is 0 Å². The molecule has 1 aliphatic rings. The van der Waals surface area contributed by atoms with E-state index in [1.165, 1.54) is 25.7 Å². The predicted octanol–water partition coefficient (Wildman–Crippen LogP) is 4.15. The van der Waals surface area contributed by atoms with Crippen LogP contribution in [0.15, 0.2) is 10.7 Å². The Kier molecular flexibility index (Phi) is 6.42. The number of hydrogen-bond donors (Lipinski definition) is 2. The van der Waals surface area contributed by atoms with E-state index in [2.05, 4.69) is 49.7 Å². The second-order valence-electron chi connectivity index (χ2n) is 5.13. The number of nitrogens with zero attached hydrogens (tertiary/aromatic N) is 2. The summed E-state index contributed by atoms with van der Waals surface area (Å²) in [6.07, 6.45) is 10.3. The van der Waals surface area contributed by atoms with Crippen LogP contribution in [0.2, 0.25) is 0 Å². The molecule has 1 aromatic rings. The van der Waals surface area contributed by atoms with E-state index in [-0.39, 0.29) is 0 Å². The molecule has 1 heterocycles. The van der Waals surface area contributed by atoms with E-state index in [4.69, 9.17) is 0 Å². The van der Waals surface area contributed by atoms with E-state index >= 15 is 0 Å². The molecule has 2 atom stereocenters. The Morgan fingerprint density at radius 3 is 2.95 bits per heavy atom. The van der Waals surface area contributed by atoms with Gasteiger partial charge in [-0.25, -0.2) is 4.98 Å². The molecule has 0 radical (unpaired) electrons. The highest BCUT2D eigenvalue weighted by atomic mass is 79.9. The fourth-order valence-corrected chi connectivity index (χ4v) is 3.75. The van der Waals surface area contributed by atoms with Gasteiger partial charge < -0.3 is 10.6 Å². The molecule has 1 fully saturated rings. The summed E-state index contributed by atoms with van der Waals surface area (Å²) in [7, 11) is 0. The van der Waals surface area contributed by atoms with E-state index in [1.54, 1.807) is 0 Å². The van der Waals surface area contributed by atoms with Gasteiger partial charge in [0, 0.05) is 24.0 Å². The van der Waals surface area contributed by atoms with Crippen LogP contribution in [0.1, 0.15) is 39.0 Å². The first-order valence-corrected chi connectivity index (χ1v) is 9.38. The summed E-state index contributed by atoms with van der Waals surface area (Å²) in [6.45, 7) is 3.04. The zero-order chi connectivity index (χ0) is 14.4. The van der Waals surface area contributed by atoms with Crippen LogP contribution in [0.4, 0.5) is 11.8 Å². The van der Waals surface area contributed by atoms with E-state index in [0.29, 0.717) is 17.2 Å². The predicted molar refractivity (Wildman–Crippen MR) is 91.7 cm³/mol. The van der Waals surface area contributed by atoms with Crippen LogP contribution in [-0.2, 0) is 0 Å². The summed E-state index contributed by atoms with van der Waals surface area (Å²) in [5.74, 6) is 1.61. The van der Waals surface area contributed by atoms with Crippen molar-refractivity contribution in [2.45, 2.75) is 50.3 Å². The van der Waals surface area contributed by atoms with Crippen molar-refractivity contribution in [2.75, 3.05) is 23.4 Å². The van der Waals surface area contributed by atoms with Crippen molar-refractivity contribution in [3.63, 3.8) is 0 Å². The SMILES string of the molecule is CCCNc1ncc(Br)c(NC2CCCCC2SC)n1. The number of halogens is 1. The average Bonchev–Trinajstić information content (AvgIpc) is 2.48. The Bertz CT molecular complexity index is 430. The van der Waals surface area contributed by atoms with Crippen LogP contribution < -0.4 is 10.6 Å². The van der Waals surface area contributed by atoms with Gasteiger partial charge in [-0.05, 0) is 41.4 Å². The minimum atomic E-state index is 0.504. The summed E-state index contributed by atoms with van der Waals surface area (Å²) < 4.78 is 0.935. The highest BCUT2D eigenvalue weighted by Crippen LogP contribution is 2.31. The van der Waals surface area contributed by atoms with Gasteiger partial charge in [0.25, 0.3) is 0 Å². The molecule has 2 unspecified atom stereocenters. The van der Waals surface area contributed by atoms with Crippen molar-refractivity contribution in [2.24, 2.45) is 0 Å². The smallest absolute Gasteiger partial charge is 0.224 e. The molecule has 0 spiro atoms. The van der Waals surface area contributed by atoms with E-state index in [1.807, 2.05) is 18.0 Å². The molecule has 2 rings (SSSR count). The maximum Gasteiger partial charge on any atom is 0.224 e. The van der Waals surface area contributed by atoms with Gasteiger partial charge >= 0.3 is 0 Å². The highest BCUT2D eigenvalue weighted by molar-refractivity contribution is 9.10. The minimum absolute atomic E-state index is 0.504. The molecular weight excluding hydrogens is 336 g/mol. The molecule has 2 N–H and O–H groups in total. The first kappa shape index (κ1) is 15.9. The Hall–Kier alpha value is -0.490. The molecule has 0 bridgehead atoms. The van der Waals surface area contributed by atoms with Gasteiger partial charge in [0.15, 0.2) is 0 Å². The zero-order valence-electron chi connectivity index (χ0n) is 12.2. The fraction of sp³-hybridized carbons (Fsp3) is 0.714. The first-order valence-electron chi connectivity index (χ1n) is 7.30. The average molecular weight is 359 g/mol. The van der Waals surface area contributed by atoms with Crippen LogP contribution in [-0.4, -0.2) is 34.1 Å². The molecule has 1 aromatic heterocycles. The van der Waals surface area contributed by atoms with Gasteiger partial charge in [0.2, 0.25) is 5.95 Å². The number of rotatable bonds is 6. The molecule has 0 aliphatic heterocycles. The van der Waals surface area contributed by atoms with Crippen molar-refractivity contribution < 1.29 is 0 Å². The molecule has 6 heteroatoms. The summed E-state index contributed by atoms with van der Waals surface area (Å²) in [4.78, 5) is 8.88. The summed E-state index contributed by atoms with van der Waals surface area (Å²) in [5.41, 5.74) is 0. The lowest BCUT2D eigenvalue weighted by atomic mass is 9.95. The molecule has 0 saturated heterocycles. The topological polar surface area (TPSA) is 49.8 Å². The van der Waals surface area contributed by atoms with Crippen LogP contribution >= 0.6 is 27.7 Å². The lowest BCUT2D eigenvalue weighted by Gasteiger charge is -2.31. The second kappa shape index (κ2) is 8.08.